The Morgan fingerprint density at radius 2 is 2.04 bits per heavy atom. The van der Waals surface area contributed by atoms with Gasteiger partial charge in [0.05, 0.1) is 7.11 Å². The molecule has 0 aliphatic rings. The van der Waals surface area contributed by atoms with Gasteiger partial charge in [-0.25, -0.2) is 4.79 Å². The minimum Gasteiger partial charge on any atom is -0.493 e. The van der Waals surface area contributed by atoms with E-state index >= 15 is 0 Å². The Labute approximate surface area is 155 Å². The summed E-state index contributed by atoms with van der Waals surface area (Å²) < 4.78 is 10.6. The molecule has 0 unspecified atom stereocenters. The molecule has 0 bridgehead atoms. The molecule has 0 spiro atoms. The van der Waals surface area contributed by atoms with Crippen molar-refractivity contribution in [2.45, 2.75) is 19.9 Å². The van der Waals surface area contributed by atoms with E-state index < -0.39 is 11.9 Å². The van der Waals surface area contributed by atoms with Crippen molar-refractivity contribution in [2.75, 3.05) is 7.11 Å². The number of carbonyl (C=O) groups is 2. The third kappa shape index (κ3) is 4.94. The van der Waals surface area contributed by atoms with Crippen LogP contribution in [0, 0.1) is 11.3 Å². The molecule has 0 aliphatic heterocycles. The number of nitrogens with zero attached hydrogens (tertiary/aromatic N) is 1. The highest BCUT2D eigenvalue weighted by Gasteiger charge is 2.15. The van der Waals surface area contributed by atoms with E-state index in [1.165, 1.54) is 24.5 Å². The second-order valence-corrected chi connectivity index (χ2v) is 6.52. The summed E-state index contributed by atoms with van der Waals surface area (Å²) in [7, 11) is 1.45. The molecule has 0 saturated carbocycles. The Kier molecular flexibility index (Phi) is 6.53. The summed E-state index contributed by atoms with van der Waals surface area (Å²) in [5.41, 5.74) is 0.553. The van der Waals surface area contributed by atoms with Crippen LogP contribution in [-0.2, 0) is 4.79 Å². The van der Waals surface area contributed by atoms with Crippen molar-refractivity contribution in [3.05, 3.63) is 51.7 Å². The molecule has 0 saturated heterocycles. The van der Waals surface area contributed by atoms with Crippen LogP contribution in [0.3, 0.4) is 0 Å². The van der Waals surface area contributed by atoms with E-state index in [-0.39, 0.29) is 17.4 Å². The van der Waals surface area contributed by atoms with Crippen LogP contribution in [0.1, 0.15) is 29.1 Å². The van der Waals surface area contributed by atoms with Gasteiger partial charge in [-0.3, -0.25) is 4.79 Å². The Bertz CT molecular complexity index is 864. The van der Waals surface area contributed by atoms with Crippen LogP contribution >= 0.6 is 11.3 Å². The van der Waals surface area contributed by atoms with Crippen molar-refractivity contribution in [2.24, 2.45) is 0 Å². The first-order valence-corrected chi connectivity index (χ1v) is 8.69. The highest BCUT2D eigenvalue weighted by atomic mass is 32.1. The smallest absolute Gasteiger partial charge is 0.353 e. The predicted molar refractivity (Wildman–Crippen MR) is 99.1 cm³/mol. The number of nitriles is 1. The largest absolute Gasteiger partial charge is 0.493 e. The second-order valence-electron chi connectivity index (χ2n) is 5.58. The third-order valence-corrected chi connectivity index (χ3v) is 4.06. The molecule has 1 aromatic heterocycles. The van der Waals surface area contributed by atoms with Crippen LogP contribution in [0.2, 0.25) is 0 Å². The van der Waals surface area contributed by atoms with E-state index in [9.17, 15) is 14.9 Å². The standard InChI is InChI=1S/C19H18N2O4S/c1-12(2)21-18(22)14(11-20)9-13-6-7-15(16(10-13)24-3)25-19(23)17-5-4-8-26-17/h4-10,12H,1-3H3,(H,21,22)/b14-9+. The minimum absolute atomic E-state index is 0.0240. The van der Waals surface area contributed by atoms with Gasteiger partial charge < -0.3 is 14.8 Å². The number of nitrogens with one attached hydrogen (secondary N) is 1. The summed E-state index contributed by atoms with van der Waals surface area (Å²) in [6.07, 6.45) is 1.45. The zero-order valence-corrected chi connectivity index (χ0v) is 15.4. The van der Waals surface area contributed by atoms with E-state index in [2.05, 4.69) is 5.32 Å². The van der Waals surface area contributed by atoms with Gasteiger partial charge in [0, 0.05) is 6.04 Å². The molecule has 2 rings (SSSR count). The van der Waals surface area contributed by atoms with Crippen molar-refractivity contribution in [1.29, 1.82) is 5.26 Å². The minimum atomic E-state index is -0.476. The van der Waals surface area contributed by atoms with Gasteiger partial charge in [0.1, 0.15) is 16.5 Å². The number of ether oxygens (including phenoxy) is 2. The fourth-order valence-electron chi connectivity index (χ4n) is 2.06. The van der Waals surface area contributed by atoms with Gasteiger partial charge in [0.15, 0.2) is 11.5 Å². The lowest BCUT2D eigenvalue weighted by molar-refractivity contribution is -0.117. The van der Waals surface area contributed by atoms with Crippen LogP contribution in [-0.4, -0.2) is 25.0 Å². The summed E-state index contributed by atoms with van der Waals surface area (Å²) in [5, 5.41) is 13.6. The number of thiophene rings is 1. The maximum Gasteiger partial charge on any atom is 0.353 e. The molecule has 0 fully saturated rings. The summed E-state index contributed by atoms with van der Waals surface area (Å²) in [6, 6.07) is 10.0. The number of hydrogen-bond acceptors (Lipinski definition) is 6. The molecule has 0 atom stereocenters. The van der Waals surface area contributed by atoms with Crippen molar-refractivity contribution in [1.82, 2.24) is 5.32 Å². The Morgan fingerprint density at radius 3 is 2.62 bits per heavy atom. The molecule has 1 N–H and O–H groups in total. The highest BCUT2D eigenvalue weighted by molar-refractivity contribution is 7.12. The first kappa shape index (κ1) is 19.2. The summed E-state index contributed by atoms with van der Waals surface area (Å²) >= 11 is 1.28. The van der Waals surface area contributed by atoms with Gasteiger partial charge in [-0.1, -0.05) is 12.1 Å². The van der Waals surface area contributed by atoms with E-state index in [1.807, 2.05) is 19.9 Å². The number of rotatable bonds is 6. The van der Waals surface area contributed by atoms with E-state index in [0.29, 0.717) is 16.2 Å². The van der Waals surface area contributed by atoms with Crippen LogP contribution < -0.4 is 14.8 Å². The monoisotopic (exact) mass is 370 g/mol. The molecule has 1 amide bonds. The summed E-state index contributed by atoms with van der Waals surface area (Å²) in [4.78, 5) is 24.5. The van der Waals surface area contributed by atoms with Crippen molar-refractivity contribution < 1.29 is 19.1 Å². The number of hydrogen-bond donors (Lipinski definition) is 1. The molecule has 0 radical (unpaired) electrons. The zero-order chi connectivity index (χ0) is 19.1. The molecule has 0 aliphatic carbocycles. The number of amides is 1. The third-order valence-electron chi connectivity index (χ3n) is 3.21. The van der Waals surface area contributed by atoms with Crippen LogP contribution in [0.15, 0.2) is 41.3 Å². The summed E-state index contributed by atoms with van der Waals surface area (Å²) in [5.74, 6) is -0.344. The molecular formula is C19H18N2O4S. The first-order chi connectivity index (χ1) is 12.4. The van der Waals surface area contributed by atoms with Gasteiger partial charge >= 0.3 is 5.97 Å². The first-order valence-electron chi connectivity index (χ1n) is 7.81. The van der Waals surface area contributed by atoms with Gasteiger partial charge in [-0.05, 0) is 49.1 Å². The fourth-order valence-corrected chi connectivity index (χ4v) is 2.66. The van der Waals surface area contributed by atoms with Gasteiger partial charge in [-0.15, -0.1) is 11.3 Å². The van der Waals surface area contributed by atoms with E-state index in [0.717, 1.165) is 0 Å². The fraction of sp³-hybridized carbons (Fsp3) is 0.211. The Morgan fingerprint density at radius 1 is 1.27 bits per heavy atom. The molecule has 134 valence electrons. The molecule has 7 heteroatoms. The molecule has 1 heterocycles. The number of methoxy groups -OCH3 is 1. The quantitative estimate of drug-likeness (QED) is 0.364. The van der Waals surface area contributed by atoms with E-state index in [1.54, 1.807) is 35.7 Å². The van der Waals surface area contributed by atoms with Crippen molar-refractivity contribution in [3.8, 4) is 17.6 Å². The average molecular weight is 370 g/mol. The maximum atomic E-state index is 12.1. The lowest BCUT2D eigenvalue weighted by Crippen LogP contribution is -2.30. The van der Waals surface area contributed by atoms with Crippen LogP contribution in [0.25, 0.3) is 6.08 Å². The normalized spacial score (nSPS) is 11.0. The van der Waals surface area contributed by atoms with Gasteiger partial charge in [0.2, 0.25) is 0 Å². The molecule has 6 nitrogen and oxygen atoms in total. The predicted octanol–water partition coefficient (Wildman–Crippen LogP) is 3.41. The van der Waals surface area contributed by atoms with Crippen LogP contribution in [0.5, 0.6) is 11.5 Å². The maximum absolute atomic E-state index is 12.1. The SMILES string of the molecule is COc1cc(/C=C(\C#N)C(=O)NC(C)C)ccc1OC(=O)c1cccs1. The molecule has 26 heavy (non-hydrogen) atoms. The van der Waals surface area contributed by atoms with Gasteiger partial charge in [0.25, 0.3) is 5.91 Å². The van der Waals surface area contributed by atoms with Crippen molar-refractivity contribution in [3.63, 3.8) is 0 Å². The Balaban J connectivity index is 2.24. The van der Waals surface area contributed by atoms with E-state index in [4.69, 9.17) is 9.47 Å². The lowest BCUT2D eigenvalue weighted by Gasteiger charge is -2.10. The number of carbonyl (C=O) groups excluding carboxylic acids is 2. The van der Waals surface area contributed by atoms with Crippen LogP contribution in [0.4, 0.5) is 0 Å². The topological polar surface area (TPSA) is 88.4 Å². The Hall–Kier alpha value is -3.11. The molecule has 2 aromatic rings. The average Bonchev–Trinajstić information content (AvgIpc) is 3.14. The second kappa shape index (κ2) is 8.83. The summed E-state index contributed by atoms with van der Waals surface area (Å²) in [6.45, 7) is 3.62. The molecule has 1 aromatic carbocycles. The number of benzene rings is 1. The molecular weight excluding hydrogens is 352 g/mol. The zero-order valence-electron chi connectivity index (χ0n) is 14.6. The highest BCUT2D eigenvalue weighted by Crippen LogP contribution is 2.30. The number of esters is 1. The van der Waals surface area contributed by atoms with Gasteiger partial charge in [-0.2, -0.15) is 5.26 Å². The van der Waals surface area contributed by atoms with Crippen molar-refractivity contribution >= 4 is 29.3 Å². The lowest BCUT2D eigenvalue weighted by atomic mass is 10.1.